The summed E-state index contributed by atoms with van der Waals surface area (Å²) in [6.45, 7) is 3.91. The summed E-state index contributed by atoms with van der Waals surface area (Å²) in [6.07, 6.45) is 0. The van der Waals surface area contributed by atoms with Crippen LogP contribution in [-0.2, 0) is 13.1 Å². The van der Waals surface area contributed by atoms with Gasteiger partial charge in [0.2, 0.25) is 0 Å². The molecular weight excluding hydrogens is 240 g/mol. The Hall–Kier alpha value is -0.520. The van der Waals surface area contributed by atoms with Crippen LogP contribution in [0.25, 0.3) is 0 Å². The SMILES string of the molecule is Cc1c(C(=O)NC2CSC2)sc2c1CNC2. The maximum Gasteiger partial charge on any atom is 0.261 e. The van der Waals surface area contributed by atoms with Gasteiger partial charge in [0.1, 0.15) is 0 Å². The summed E-state index contributed by atoms with van der Waals surface area (Å²) in [6, 6.07) is 0.395. The molecule has 86 valence electrons. The number of amides is 1. The monoisotopic (exact) mass is 254 g/mol. The van der Waals surface area contributed by atoms with Gasteiger partial charge in [-0.25, -0.2) is 0 Å². The van der Waals surface area contributed by atoms with E-state index < -0.39 is 0 Å². The first kappa shape index (κ1) is 10.6. The van der Waals surface area contributed by atoms with Crippen LogP contribution in [0, 0.1) is 6.92 Å². The van der Waals surface area contributed by atoms with Crippen molar-refractivity contribution in [1.82, 2.24) is 10.6 Å². The minimum Gasteiger partial charge on any atom is -0.347 e. The fraction of sp³-hybridized carbons (Fsp3) is 0.545. The topological polar surface area (TPSA) is 41.1 Å². The van der Waals surface area contributed by atoms with E-state index in [0.717, 1.165) is 29.5 Å². The van der Waals surface area contributed by atoms with Crippen molar-refractivity contribution in [2.75, 3.05) is 11.5 Å². The van der Waals surface area contributed by atoms with Gasteiger partial charge in [-0.3, -0.25) is 4.79 Å². The fourth-order valence-corrected chi connectivity index (χ4v) is 3.90. The molecule has 2 aliphatic rings. The number of rotatable bonds is 2. The zero-order valence-electron chi connectivity index (χ0n) is 9.13. The zero-order chi connectivity index (χ0) is 11.1. The summed E-state index contributed by atoms with van der Waals surface area (Å²) in [5, 5.41) is 6.41. The first-order valence-electron chi connectivity index (χ1n) is 5.46. The number of hydrogen-bond acceptors (Lipinski definition) is 4. The van der Waals surface area contributed by atoms with Crippen molar-refractivity contribution < 1.29 is 4.79 Å². The molecule has 0 atom stereocenters. The molecule has 0 spiro atoms. The van der Waals surface area contributed by atoms with Gasteiger partial charge in [-0.05, 0) is 18.1 Å². The first-order valence-corrected chi connectivity index (χ1v) is 7.43. The number of thiophene rings is 1. The van der Waals surface area contributed by atoms with E-state index in [1.165, 1.54) is 16.0 Å². The van der Waals surface area contributed by atoms with Gasteiger partial charge in [-0.1, -0.05) is 0 Å². The summed E-state index contributed by atoms with van der Waals surface area (Å²) < 4.78 is 0. The summed E-state index contributed by atoms with van der Waals surface area (Å²) in [5.74, 6) is 2.26. The fourth-order valence-electron chi connectivity index (χ4n) is 2.07. The van der Waals surface area contributed by atoms with Crippen LogP contribution in [0.1, 0.15) is 25.7 Å². The number of thioether (sulfide) groups is 1. The van der Waals surface area contributed by atoms with Gasteiger partial charge < -0.3 is 10.6 Å². The average Bonchev–Trinajstić information content (AvgIpc) is 2.75. The molecule has 0 aromatic carbocycles. The molecule has 1 aromatic heterocycles. The van der Waals surface area contributed by atoms with Crippen LogP contribution >= 0.6 is 23.1 Å². The average molecular weight is 254 g/mol. The molecule has 0 bridgehead atoms. The number of carbonyl (C=O) groups excluding carboxylic acids is 1. The smallest absolute Gasteiger partial charge is 0.261 e. The van der Waals surface area contributed by atoms with Crippen molar-refractivity contribution in [2.45, 2.75) is 26.1 Å². The molecule has 3 rings (SSSR count). The molecule has 0 saturated carbocycles. The van der Waals surface area contributed by atoms with Crippen molar-refractivity contribution in [3.05, 3.63) is 20.9 Å². The summed E-state index contributed by atoms with van der Waals surface area (Å²) in [4.78, 5) is 14.3. The van der Waals surface area contributed by atoms with Crippen LogP contribution in [-0.4, -0.2) is 23.5 Å². The molecule has 3 heterocycles. The van der Waals surface area contributed by atoms with Crippen LogP contribution < -0.4 is 10.6 Å². The Morgan fingerprint density at radius 3 is 2.88 bits per heavy atom. The van der Waals surface area contributed by atoms with Gasteiger partial charge in [0, 0.05) is 35.5 Å². The van der Waals surface area contributed by atoms with E-state index in [1.807, 2.05) is 11.8 Å². The van der Waals surface area contributed by atoms with Gasteiger partial charge in [0.15, 0.2) is 0 Å². The lowest BCUT2D eigenvalue weighted by Crippen LogP contribution is -2.43. The number of fused-ring (bicyclic) bond motifs is 1. The lowest BCUT2D eigenvalue weighted by molar-refractivity contribution is 0.0946. The molecule has 1 aromatic rings. The Labute approximate surface area is 103 Å². The van der Waals surface area contributed by atoms with E-state index in [0.29, 0.717) is 6.04 Å². The molecule has 1 saturated heterocycles. The summed E-state index contributed by atoms with van der Waals surface area (Å²) in [7, 11) is 0. The summed E-state index contributed by atoms with van der Waals surface area (Å²) in [5.41, 5.74) is 2.52. The van der Waals surface area contributed by atoms with Crippen molar-refractivity contribution >= 4 is 29.0 Å². The minimum absolute atomic E-state index is 0.127. The largest absolute Gasteiger partial charge is 0.347 e. The highest BCUT2D eigenvalue weighted by molar-refractivity contribution is 8.00. The quantitative estimate of drug-likeness (QED) is 0.840. The highest BCUT2D eigenvalue weighted by Crippen LogP contribution is 2.31. The van der Waals surface area contributed by atoms with E-state index in [2.05, 4.69) is 17.6 Å². The van der Waals surface area contributed by atoms with Crippen molar-refractivity contribution in [1.29, 1.82) is 0 Å². The molecule has 2 N–H and O–H groups in total. The minimum atomic E-state index is 0.127. The van der Waals surface area contributed by atoms with Crippen molar-refractivity contribution in [2.24, 2.45) is 0 Å². The Balaban J connectivity index is 1.80. The van der Waals surface area contributed by atoms with Crippen LogP contribution in [0.15, 0.2) is 0 Å². The molecule has 0 radical (unpaired) electrons. The van der Waals surface area contributed by atoms with Crippen LogP contribution in [0.2, 0.25) is 0 Å². The Bertz CT molecular complexity index is 437. The third-order valence-electron chi connectivity index (χ3n) is 3.12. The summed E-state index contributed by atoms with van der Waals surface area (Å²) >= 11 is 3.54. The zero-order valence-corrected chi connectivity index (χ0v) is 10.8. The highest BCUT2D eigenvalue weighted by atomic mass is 32.2. The van der Waals surface area contributed by atoms with Crippen LogP contribution in [0.5, 0.6) is 0 Å². The molecule has 3 nitrogen and oxygen atoms in total. The van der Waals surface area contributed by atoms with Crippen LogP contribution in [0.4, 0.5) is 0 Å². The van der Waals surface area contributed by atoms with E-state index >= 15 is 0 Å². The second-order valence-corrected chi connectivity index (χ2v) is 6.45. The second-order valence-electron chi connectivity index (χ2n) is 4.27. The molecule has 1 fully saturated rings. The van der Waals surface area contributed by atoms with E-state index in [9.17, 15) is 4.79 Å². The Morgan fingerprint density at radius 1 is 1.44 bits per heavy atom. The van der Waals surface area contributed by atoms with Crippen molar-refractivity contribution in [3.8, 4) is 0 Å². The lowest BCUT2D eigenvalue weighted by atomic mass is 10.1. The molecular formula is C11H14N2OS2. The molecule has 0 unspecified atom stereocenters. The highest BCUT2D eigenvalue weighted by Gasteiger charge is 2.26. The predicted octanol–water partition coefficient (Wildman–Crippen LogP) is 1.50. The number of carbonyl (C=O) groups is 1. The van der Waals surface area contributed by atoms with E-state index in [4.69, 9.17) is 0 Å². The van der Waals surface area contributed by atoms with Crippen molar-refractivity contribution in [3.63, 3.8) is 0 Å². The lowest BCUT2D eigenvalue weighted by Gasteiger charge is -2.25. The van der Waals surface area contributed by atoms with Gasteiger partial charge in [-0.2, -0.15) is 11.8 Å². The third-order valence-corrected chi connectivity index (χ3v) is 5.73. The van der Waals surface area contributed by atoms with Gasteiger partial charge >= 0.3 is 0 Å². The van der Waals surface area contributed by atoms with E-state index in [1.54, 1.807) is 11.3 Å². The van der Waals surface area contributed by atoms with E-state index in [-0.39, 0.29) is 5.91 Å². The van der Waals surface area contributed by atoms with Gasteiger partial charge in [0.25, 0.3) is 5.91 Å². The third kappa shape index (κ3) is 1.67. The molecule has 0 aliphatic carbocycles. The molecule has 16 heavy (non-hydrogen) atoms. The molecule has 2 aliphatic heterocycles. The van der Waals surface area contributed by atoms with Gasteiger partial charge in [-0.15, -0.1) is 11.3 Å². The molecule has 1 amide bonds. The Morgan fingerprint density at radius 2 is 2.25 bits per heavy atom. The standard InChI is InChI=1S/C11H14N2OS2/c1-6-8-2-12-3-9(8)16-10(6)11(14)13-7-4-15-5-7/h7,12H,2-5H2,1H3,(H,13,14). The van der Waals surface area contributed by atoms with Crippen LogP contribution in [0.3, 0.4) is 0 Å². The maximum atomic E-state index is 12.0. The second kappa shape index (κ2) is 4.05. The Kier molecular flexibility index (Phi) is 2.69. The molecule has 5 heteroatoms. The predicted molar refractivity (Wildman–Crippen MR) is 68.2 cm³/mol. The number of hydrogen-bond donors (Lipinski definition) is 2. The number of nitrogens with one attached hydrogen (secondary N) is 2. The first-order chi connectivity index (χ1) is 7.75. The maximum absolute atomic E-state index is 12.0. The van der Waals surface area contributed by atoms with Gasteiger partial charge in [0.05, 0.1) is 4.88 Å². The normalized spacial score (nSPS) is 19.3.